The highest BCUT2D eigenvalue weighted by Gasteiger charge is 2.24. The van der Waals surface area contributed by atoms with E-state index in [9.17, 15) is 4.79 Å². The highest BCUT2D eigenvalue weighted by Crippen LogP contribution is 2.24. The first-order valence-electron chi connectivity index (χ1n) is 10.9. The number of likely N-dealkylation sites (N-methyl/N-ethyl adjacent to an activating group) is 1. The number of hydrogen-bond acceptors (Lipinski definition) is 5. The number of rotatable bonds is 9. The number of methoxy groups -OCH3 is 1. The van der Waals surface area contributed by atoms with Crippen molar-refractivity contribution in [3.63, 3.8) is 0 Å². The van der Waals surface area contributed by atoms with Crippen molar-refractivity contribution >= 4 is 12.1 Å². The number of benzene rings is 1. The molecule has 0 aromatic heterocycles. The molecule has 1 aliphatic rings. The van der Waals surface area contributed by atoms with Crippen LogP contribution >= 0.6 is 0 Å². The number of nitrogens with two attached hydrogens (primary N) is 1. The molecular formula is C22H37N5O3. The summed E-state index contributed by atoms with van der Waals surface area (Å²) in [5.74, 6) is 1.29. The summed E-state index contributed by atoms with van der Waals surface area (Å²) in [4.78, 5) is 20.6. The van der Waals surface area contributed by atoms with Crippen LogP contribution in [0.15, 0.2) is 29.3 Å². The quantitative estimate of drug-likeness (QED) is 0.472. The minimum atomic E-state index is -0.238. The Morgan fingerprint density at radius 2 is 2.00 bits per heavy atom. The molecule has 0 radical (unpaired) electrons. The van der Waals surface area contributed by atoms with Gasteiger partial charge in [0.15, 0.2) is 5.96 Å². The number of piperidine rings is 1. The third-order valence-electron chi connectivity index (χ3n) is 5.54. The molecule has 0 bridgehead atoms. The number of nitrogens with zero attached hydrogens (tertiary/aromatic N) is 3. The van der Waals surface area contributed by atoms with E-state index in [4.69, 9.17) is 15.2 Å². The highest BCUT2D eigenvalue weighted by molar-refractivity contribution is 5.78. The van der Waals surface area contributed by atoms with E-state index in [1.54, 1.807) is 12.0 Å². The third kappa shape index (κ3) is 6.79. The molecule has 0 aliphatic carbocycles. The fraction of sp³-hybridized carbons (Fsp3) is 0.636. The van der Waals surface area contributed by atoms with Gasteiger partial charge in [-0.3, -0.25) is 9.89 Å². The zero-order chi connectivity index (χ0) is 21.9. The van der Waals surface area contributed by atoms with Crippen molar-refractivity contribution in [1.82, 2.24) is 15.1 Å². The number of aliphatic imine (C=N–C) groups is 1. The second kappa shape index (κ2) is 12.3. The third-order valence-corrected chi connectivity index (χ3v) is 5.54. The Bertz CT molecular complexity index is 685. The van der Waals surface area contributed by atoms with Gasteiger partial charge < -0.3 is 25.4 Å². The van der Waals surface area contributed by atoms with Gasteiger partial charge in [-0.2, -0.15) is 0 Å². The minimum absolute atomic E-state index is 0.126. The van der Waals surface area contributed by atoms with Crippen LogP contribution in [0.25, 0.3) is 0 Å². The maximum Gasteiger partial charge on any atom is 0.409 e. The first kappa shape index (κ1) is 23.8. The Kier molecular flexibility index (Phi) is 9.73. The molecule has 0 spiro atoms. The number of guanidine groups is 1. The van der Waals surface area contributed by atoms with Crippen LogP contribution < -0.4 is 15.8 Å². The van der Waals surface area contributed by atoms with Crippen LogP contribution in [-0.4, -0.2) is 74.3 Å². The number of amides is 1. The van der Waals surface area contributed by atoms with Crippen molar-refractivity contribution in [1.29, 1.82) is 0 Å². The second-order valence-corrected chi connectivity index (χ2v) is 7.34. The van der Waals surface area contributed by atoms with Gasteiger partial charge in [0.05, 0.1) is 26.3 Å². The maximum atomic E-state index is 11.8. The molecule has 1 fully saturated rings. The fourth-order valence-corrected chi connectivity index (χ4v) is 3.81. The van der Waals surface area contributed by atoms with Crippen LogP contribution in [0.1, 0.15) is 45.2 Å². The monoisotopic (exact) mass is 419 g/mol. The van der Waals surface area contributed by atoms with Gasteiger partial charge in [0.25, 0.3) is 0 Å². The number of hydrogen-bond donors (Lipinski definition) is 2. The van der Waals surface area contributed by atoms with E-state index in [0.717, 1.165) is 37.2 Å². The molecule has 2 rings (SSSR count). The molecule has 8 nitrogen and oxygen atoms in total. The minimum Gasteiger partial charge on any atom is -0.497 e. The van der Waals surface area contributed by atoms with E-state index in [1.165, 1.54) is 0 Å². The van der Waals surface area contributed by atoms with Crippen molar-refractivity contribution in [2.24, 2.45) is 10.7 Å². The molecule has 30 heavy (non-hydrogen) atoms. The Balaban J connectivity index is 1.97. The molecular weight excluding hydrogens is 382 g/mol. The number of likely N-dealkylation sites (tertiary alicyclic amines) is 1. The summed E-state index contributed by atoms with van der Waals surface area (Å²) in [5.41, 5.74) is 7.37. The Morgan fingerprint density at radius 3 is 2.60 bits per heavy atom. The number of nitrogens with one attached hydrogen (secondary N) is 1. The molecule has 3 N–H and O–H groups in total. The Labute approximate surface area is 180 Å². The molecule has 1 aromatic carbocycles. The van der Waals surface area contributed by atoms with Gasteiger partial charge in [-0.1, -0.05) is 26.0 Å². The molecule has 1 aliphatic heterocycles. The van der Waals surface area contributed by atoms with Gasteiger partial charge in [0, 0.05) is 19.1 Å². The number of ether oxygens (including phenoxy) is 2. The van der Waals surface area contributed by atoms with Gasteiger partial charge >= 0.3 is 6.09 Å². The fourth-order valence-electron chi connectivity index (χ4n) is 3.81. The molecule has 168 valence electrons. The van der Waals surface area contributed by atoms with Crippen molar-refractivity contribution in [2.75, 3.05) is 46.4 Å². The van der Waals surface area contributed by atoms with E-state index in [2.05, 4.69) is 41.2 Å². The molecule has 1 amide bonds. The van der Waals surface area contributed by atoms with Crippen LogP contribution in [0.5, 0.6) is 5.75 Å². The lowest BCUT2D eigenvalue weighted by atomic mass is 10.0. The summed E-state index contributed by atoms with van der Waals surface area (Å²) in [5, 5.41) is 3.32. The highest BCUT2D eigenvalue weighted by atomic mass is 16.6. The van der Waals surface area contributed by atoms with Crippen molar-refractivity contribution < 1.29 is 14.3 Å². The molecule has 8 heteroatoms. The predicted octanol–water partition coefficient (Wildman–Crippen LogP) is 2.60. The molecule has 0 saturated carbocycles. The van der Waals surface area contributed by atoms with Gasteiger partial charge in [-0.25, -0.2) is 4.79 Å². The van der Waals surface area contributed by atoms with Crippen LogP contribution in [0.3, 0.4) is 0 Å². The first-order valence-corrected chi connectivity index (χ1v) is 10.9. The smallest absolute Gasteiger partial charge is 0.409 e. The summed E-state index contributed by atoms with van der Waals surface area (Å²) in [7, 11) is 1.68. The topological polar surface area (TPSA) is 92.4 Å². The first-order chi connectivity index (χ1) is 14.5. The lowest BCUT2D eigenvalue weighted by molar-refractivity contribution is 0.0963. The second-order valence-electron chi connectivity index (χ2n) is 7.34. The van der Waals surface area contributed by atoms with Crippen LogP contribution in [0, 0.1) is 0 Å². The van der Waals surface area contributed by atoms with E-state index in [0.29, 0.717) is 32.2 Å². The molecule has 1 atom stereocenters. The van der Waals surface area contributed by atoms with Gasteiger partial charge in [0.2, 0.25) is 0 Å². The van der Waals surface area contributed by atoms with Gasteiger partial charge in [-0.15, -0.1) is 0 Å². The lowest BCUT2D eigenvalue weighted by Gasteiger charge is -2.32. The van der Waals surface area contributed by atoms with E-state index >= 15 is 0 Å². The lowest BCUT2D eigenvalue weighted by Crippen LogP contribution is -2.48. The average molecular weight is 420 g/mol. The van der Waals surface area contributed by atoms with Gasteiger partial charge in [0.1, 0.15) is 5.75 Å². The van der Waals surface area contributed by atoms with Crippen LogP contribution in [-0.2, 0) is 4.74 Å². The summed E-state index contributed by atoms with van der Waals surface area (Å²) < 4.78 is 10.5. The van der Waals surface area contributed by atoms with E-state index < -0.39 is 0 Å². The molecule has 1 unspecified atom stereocenters. The van der Waals surface area contributed by atoms with E-state index in [-0.39, 0.29) is 18.2 Å². The van der Waals surface area contributed by atoms with Crippen molar-refractivity contribution in [3.05, 3.63) is 29.8 Å². The van der Waals surface area contributed by atoms with Crippen LogP contribution in [0.4, 0.5) is 4.79 Å². The molecule has 1 heterocycles. The largest absolute Gasteiger partial charge is 0.497 e. The van der Waals surface area contributed by atoms with E-state index in [1.807, 2.05) is 19.1 Å². The Morgan fingerprint density at radius 1 is 1.30 bits per heavy atom. The maximum absolute atomic E-state index is 11.8. The summed E-state index contributed by atoms with van der Waals surface area (Å²) >= 11 is 0. The van der Waals surface area contributed by atoms with Crippen molar-refractivity contribution in [3.8, 4) is 5.75 Å². The summed E-state index contributed by atoms with van der Waals surface area (Å²) in [6.45, 7) is 10.3. The zero-order valence-corrected chi connectivity index (χ0v) is 18.8. The molecule has 1 aromatic rings. The van der Waals surface area contributed by atoms with Crippen molar-refractivity contribution in [2.45, 2.75) is 45.7 Å². The van der Waals surface area contributed by atoms with Gasteiger partial charge in [-0.05, 0) is 50.6 Å². The summed E-state index contributed by atoms with van der Waals surface area (Å²) in [6, 6.07) is 8.46. The summed E-state index contributed by atoms with van der Waals surface area (Å²) in [6.07, 6.45) is 1.41. The Hall–Kier alpha value is -2.48. The number of carbonyl (C=O) groups is 1. The zero-order valence-electron chi connectivity index (χ0n) is 18.8. The van der Waals surface area contributed by atoms with Crippen LogP contribution in [0.2, 0.25) is 0 Å². The predicted molar refractivity (Wildman–Crippen MR) is 120 cm³/mol. The average Bonchev–Trinajstić information content (AvgIpc) is 2.77. The number of carbonyl (C=O) groups excluding carboxylic acids is 1. The SMILES string of the molecule is CCOC(=O)N1CCC(NC(N)=NCC(c2cccc(OC)c2)N(CC)CC)CC1. The molecule has 1 saturated heterocycles. The normalized spacial score (nSPS) is 16.4. The standard InChI is InChI=1S/C22H37N5O3/c1-5-26(6-2)20(17-9-8-10-19(15-17)29-4)16-24-21(23)25-18-11-13-27(14-12-18)22(28)30-7-3/h8-10,15,18,20H,5-7,11-14,16H2,1-4H3,(H3,23,24,25).